The number of hydrogen-bond donors (Lipinski definition) is 2. The van der Waals surface area contributed by atoms with Crippen LogP contribution in [-0.4, -0.2) is 36.1 Å². The zero-order chi connectivity index (χ0) is 11.4. The highest BCUT2D eigenvalue weighted by atomic mass is 15.2. The zero-order valence-corrected chi connectivity index (χ0v) is 9.82. The topological polar surface area (TPSA) is 54.2 Å². The van der Waals surface area contributed by atoms with E-state index in [1.807, 2.05) is 12.1 Å². The highest BCUT2D eigenvalue weighted by Crippen LogP contribution is 2.15. The molecule has 1 aromatic rings. The van der Waals surface area contributed by atoms with Crippen molar-refractivity contribution < 1.29 is 0 Å². The largest absolute Gasteiger partial charge is 0.397 e. The van der Waals surface area contributed by atoms with Gasteiger partial charge in [0, 0.05) is 12.6 Å². The lowest BCUT2D eigenvalue weighted by molar-refractivity contribution is 0.194. The van der Waals surface area contributed by atoms with Crippen LogP contribution in [0.25, 0.3) is 0 Å². The van der Waals surface area contributed by atoms with Crippen molar-refractivity contribution in [3.8, 4) is 0 Å². The summed E-state index contributed by atoms with van der Waals surface area (Å²) in [4.78, 5) is 6.66. The maximum absolute atomic E-state index is 5.59. The van der Waals surface area contributed by atoms with Gasteiger partial charge in [-0.05, 0) is 38.6 Å². The van der Waals surface area contributed by atoms with Crippen LogP contribution in [0.1, 0.15) is 19.3 Å². The second kappa shape index (κ2) is 5.16. The van der Waals surface area contributed by atoms with Crippen molar-refractivity contribution >= 4 is 11.5 Å². The van der Waals surface area contributed by atoms with Gasteiger partial charge < -0.3 is 16.0 Å². The molecule has 88 valence electrons. The molecule has 0 saturated carbocycles. The number of hydrogen-bond acceptors (Lipinski definition) is 4. The molecule has 1 atom stereocenters. The summed E-state index contributed by atoms with van der Waals surface area (Å²) < 4.78 is 0. The first-order valence-electron chi connectivity index (χ1n) is 5.91. The minimum absolute atomic E-state index is 0.633. The van der Waals surface area contributed by atoms with Crippen LogP contribution in [0.2, 0.25) is 0 Å². The van der Waals surface area contributed by atoms with E-state index in [9.17, 15) is 0 Å². The maximum atomic E-state index is 5.59. The van der Waals surface area contributed by atoms with Crippen LogP contribution in [-0.2, 0) is 0 Å². The van der Waals surface area contributed by atoms with Crippen molar-refractivity contribution in [2.75, 3.05) is 31.2 Å². The number of piperidine rings is 1. The summed E-state index contributed by atoms with van der Waals surface area (Å²) in [6.07, 6.45) is 5.63. The van der Waals surface area contributed by atoms with Gasteiger partial charge in [0.2, 0.25) is 0 Å². The average Bonchev–Trinajstić information content (AvgIpc) is 2.30. The molecule has 1 aliphatic heterocycles. The lowest BCUT2D eigenvalue weighted by Gasteiger charge is -2.32. The number of likely N-dealkylation sites (N-methyl/N-ethyl adjacent to an activating group) is 1. The van der Waals surface area contributed by atoms with E-state index < -0.39 is 0 Å². The fourth-order valence-corrected chi connectivity index (χ4v) is 2.13. The second-order valence-corrected chi connectivity index (χ2v) is 4.49. The molecule has 2 heterocycles. The van der Waals surface area contributed by atoms with E-state index >= 15 is 0 Å². The summed E-state index contributed by atoms with van der Waals surface area (Å²) in [5.41, 5.74) is 6.30. The molecular formula is C12H20N4. The van der Waals surface area contributed by atoms with Gasteiger partial charge in [-0.25, -0.2) is 4.98 Å². The monoisotopic (exact) mass is 220 g/mol. The molecular weight excluding hydrogens is 200 g/mol. The maximum Gasteiger partial charge on any atom is 0.126 e. The Bertz CT molecular complexity index is 322. The standard InChI is InChI=1S/C12H20N4/c1-16-7-3-2-4-11(16)9-15-12-6-5-10(13)8-14-12/h5-6,8,11H,2-4,7,9,13H2,1H3,(H,14,15). The molecule has 0 spiro atoms. The minimum atomic E-state index is 0.633. The van der Waals surface area contributed by atoms with Gasteiger partial charge in [-0.1, -0.05) is 6.42 Å². The van der Waals surface area contributed by atoms with Gasteiger partial charge in [0.1, 0.15) is 5.82 Å². The Morgan fingerprint density at radius 1 is 1.50 bits per heavy atom. The fraction of sp³-hybridized carbons (Fsp3) is 0.583. The molecule has 4 heteroatoms. The number of rotatable bonds is 3. The van der Waals surface area contributed by atoms with Gasteiger partial charge in [-0.2, -0.15) is 0 Å². The summed E-state index contributed by atoms with van der Waals surface area (Å²) in [5.74, 6) is 0.910. The first-order valence-corrected chi connectivity index (χ1v) is 5.91. The van der Waals surface area contributed by atoms with Gasteiger partial charge in [0.25, 0.3) is 0 Å². The number of nitrogen functional groups attached to an aromatic ring is 1. The van der Waals surface area contributed by atoms with Gasteiger partial charge in [0.05, 0.1) is 11.9 Å². The second-order valence-electron chi connectivity index (χ2n) is 4.49. The molecule has 0 bridgehead atoms. The van der Waals surface area contributed by atoms with E-state index in [-0.39, 0.29) is 0 Å². The summed E-state index contributed by atoms with van der Waals surface area (Å²) in [7, 11) is 2.20. The van der Waals surface area contributed by atoms with E-state index in [1.165, 1.54) is 25.8 Å². The molecule has 1 aromatic heterocycles. The van der Waals surface area contributed by atoms with Crippen molar-refractivity contribution in [1.29, 1.82) is 0 Å². The van der Waals surface area contributed by atoms with Gasteiger partial charge in [0.15, 0.2) is 0 Å². The van der Waals surface area contributed by atoms with Crippen molar-refractivity contribution in [3.63, 3.8) is 0 Å². The third-order valence-electron chi connectivity index (χ3n) is 3.23. The summed E-state index contributed by atoms with van der Waals surface area (Å²) >= 11 is 0. The first kappa shape index (κ1) is 11.2. The van der Waals surface area contributed by atoms with Crippen LogP contribution in [0.15, 0.2) is 18.3 Å². The molecule has 0 aromatic carbocycles. The van der Waals surface area contributed by atoms with Crippen molar-refractivity contribution in [2.45, 2.75) is 25.3 Å². The lowest BCUT2D eigenvalue weighted by atomic mass is 10.0. The highest BCUT2D eigenvalue weighted by molar-refractivity contribution is 5.43. The quantitative estimate of drug-likeness (QED) is 0.811. The van der Waals surface area contributed by atoms with E-state index in [1.54, 1.807) is 6.20 Å². The average molecular weight is 220 g/mol. The third-order valence-corrected chi connectivity index (χ3v) is 3.23. The zero-order valence-electron chi connectivity index (χ0n) is 9.82. The minimum Gasteiger partial charge on any atom is -0.397 e. The fourth-order valence-electron chi connectivity index (χ4n) is 2.13. The molecule has 0 radical (unpaired) electrons. The predicted molar refractivity (Wildman–Crippen MR) is 67.4 cm³/mol. The Morgan fingerprint density at radius 2 is 2.38 bits per heavy atom. The Hall–Kier alpha value is -1.29. The first-order chi connectivity index (χ1) is 7.75. The van der Waals surface area contributed by atoms with E-state index in [4.69, 9.17) is 5.73 Å². The van der Waals surface area contributed by atoms with Gasteiger partial charge >= 0.3 is 0 Å². The molecule has 1 aliphatic rings. The van der Waals surface area contributed by atoms with Crippen LogP contribution in [0.5, 0.6) is 0 Å². The van der Waals surface area contributed by atoms with Gasteiger partial charge in [-0.3, -0.25) is 0 Å². The Morgan fingerprint density at radius 3 is 3.06 bits per heavy atom. The SMILES string of the molecule is CN1CCCCC1CNc1ccc(N)cn1. The van der Waals surface area contributed by atoms with Crippen molar-refractivity contribution in [3.05, 3.63) is 18.3 Å². The number of nitrogens with two attached hydrogens (primary N) is 1. The Balaban J connectivity index is 1.84. The van der Waals surface area contributed by atoms with Crippen LogP contribution in [0, 0.1) is 0 Å². The van der Waals surface area contributed by atoms with Crippen molar-refractivity contribution in [1.82, 2.24) is 9.88 Å². The van der Waals surface area contributed by atoms with E-state index in [2.05, 4.69) is 22.2 Å². The Labute approximate surface area is 96.8 Å². The molecule has 1 saturated heterocycles. The predicted octanol–water partition coefficient (Wildman–Crippen LogP) is 1.56. The van der Waals surface area contributed by atoms with Crippen LogP contribution in [0.3, 0.4) is 0 Å². The summed E-state index contributed by atoms with van der Waals surface area (Å²) in [6.45, 7) is 2.18. The van der Waals surface area contributed by atoms with Crippen LogP contribution in [0.4, 0.5) is 11.5 Å². The van der Waals surface area contributed by atoms with Crippen LogP contribution < -0.4 is 11.1 Å². The number of likely N-dealkylation sites (tertiary alicyclic amines) is 1. The number of pyridine rings is 1. The molecule has 4 nitrogen and oxygen atoms in total. The number of anilines is 2. The molecule has 16 heavy (non-hydrogen) atoms. The number of nitrogens with one attached hydrogen (secondary N) is 1. The van der Waals surface area contributed by atoms with Crippen molar-refractivity contribution in [2.24, 2.45) is 0 Å². The lowest BCUT2D eigenvalue weighted by Crippen LogP contribution is -2.40. The molecule has 0 aliphatic carbocycles. The van der Waals surface area contributed by atoms with E-state index in [0.29, 0.717) is 11.7 Å². The number of nitrogens with zero attached hydrogens (tertiary/aromatic N) is 2. The summed E-state index contributed by atoms with van der Waals surface area (Å²) in [6, 6.07) is 4.44. The smallest absolute Gasteiger partial charge is 0.126 e. The molecule has 1 fully saturated rings. The number of aromatic nitrogens is 1. The molecule has 1 unspecified atom stereocenters. The van der Waals surface area contributed by atoms with Crippen LogP contribution >= 0.6 is 0 Å². The van der Waals surface area contributed by atoms with Gasteiger partial charge in [-0.15, -0.1) is 0 Å². The normalized spacial score (nSPS) is 21.9. The molecule has 0 amide bonds. The Kier molecular flexibility index (Phi) is 3.62. The highest BCUT2D eigenvalue weighted by Gasteiger charge is 2.18. The molecule has 3 N–H and O–H groups in total. The van der Waals surface area contributed by atoms with E-state index in [0.717, 1.165) is 12.4 Å². The molecule has 2 rings (SSSR count). The third kappa shape index (κ3) is 2.85. The summed E-state index contributed by atoms with van der Waals surface area (Å²) in [5, 5.41) is 3.36.